The Hall–Kier alpha value is -1.29. The zero-order chi connectivity index (χ0) is 12.8. The first-order valence-electron chi connectivity index (χ1n) is 5.53. The van der Waals surface area contributed by atoms with E-state index in [0.29, 0.717) is 18.2 Å². The van der Waals surface area contributed by atoms with Gasteiger partial charge in [0.15, 0.2) is 0 Å². The highest BCUT2D eigenvalue weighted by molar-refractivity contribution is 6.17. The lowest BCUT2D eigenvalue weighted by atomic mass is 10.0. The number of non-ortho nitro benzene ring substituents is 1. The van der Waals surface area contributed by atoms with Crippen molar-refractivity contribution in [2.75, 3.05) is 12.5 Å². The van der Waals surface area contributed by atoms with E-state index in [2.05, 4.69) is 0 Å². The fourth-order valence-electron chi connectivity index (χ4n) is 1.47. The molecule has 1 aromatic carbocycles. The molecule has 0 amide bonds. The summed E-state index contributed by atoms with van der Waals surface area (Å²) in [7, 11) is 0. The molecule has 0 unspecified atom stereocenters. The third kappa shape index (κ3) is 3.89. The van der Waals surface area contributed by atoms with Gasteiger partial charge in [-0.2, -0.15) is 0 Å². The van der Waals surface area contributed by atoms with Gasteiger partial charge >= 0.3 is 0 Å². The minimum atomic E-state index is -0.394. The third-order valence-corrected chi connectivity index (χ3v) is 2.63. The topological polar surface area (TPSA) is 52.4 Å². The number of hydrogen-bond acceptors (Lipinski definition) is 3. The molecule has 0 aliphatic carbocycles. The maximum atomic E-state index is 10.7. The van der Waals surface area contributed by atoms with Crippen LogP contribution in [0.3, 0.4) is 0 Å². The number of ether oxygens (including phenoxy) is 1. The van der Waals surface area contributed by atoms with Crippen molar-refractivity contribution in [3.05, 3.63) is 33.9 Å². The van der Waals surface area contributed by atoms with Crippen LogP contribution < -0.4 is 4.74 Å². The summed E-state index contributed by atoms with van der Waals surface area (Å²) in [5.41, 5.74) is 0.951. The van der Waals surface area contributed by atoms with Crippen LogP contribution in [-0.4, -0.2) is 17.4 Å². The first-order valence-corrected chi connectivity index (χ1v) is 6.06. The quantitative estimate of drug-likeness (QED) is 0.338. The number of hydrogen-bond donors (Lipinski definition) is 0. The molecule has 0 aliphatic heterocycles. The molecule has 0 saturated carbocycles. The van der Waals surface area contributed by atoms with Crippen molar-refractivity contribution in [3.8, 4) is 5.75 Å². The highest BCUT2D eigenvalue weighted by atomic mass is 35.5. The van der Waals surface area contributed by atoms with Gasteiger partial charge < -0.3 is 4.74 Å². The Morgan fingerprint density at radius 2 is 2.18 bits per heavy atom. The van der Waals surface area contributed by atoms with E-state index >= 15 is 0 Å². The number of nitro benzene ring substituents is 1. The molecular weight excluding hydrogens is 242 g/mol. The van der Waals surface area contributed by atoms with Crippen molar-refractivity contribution >= 4 is 17.3 Å². The van der Waals surface area contributed by atoms with Crippen LogP contribution >= 0.6 is 11.6 Å². The summed E-state index contributed by atoms with van der Waals surface area (Å²) in [6, 6.07) is 4.68. The largest absolute Gasteiger partial charge is 0.493 e. The van der Waals surface area contributed by atoms with Crippen molar-refractivity contribution in [3.63, 3.8) is 0 Å². The van der Waals surface area contributed by atoms with E-state index in [1.54, 1.807) is 12.1 Å². The molecule has 4 nitrogen and oxygen atoms in total. The smallest absolute Gasteiger partial charge is 0.269 e. The van der Waals surface area contributed by atoms with Crippen LogP contribution in [0.1, 0.15) is 31.7 Å². The van der Waals surface area contributed by atoms with Gasteiger partial charge in [0.2, 0.25) is 0 Å². The Morgan fingerprint density at radius 3 is 2.71 bits per heavy atom. The zero-order valence-electron chi connectivity index (χ0n) is 9.98. The predicted octanol–water partition coefficient (Wildman–Crippen LogP) is 3.73. The summed E-state index contributed by atoms with van der Waals surface area (Å²) in [4.78, 5) is 10.3. The fourth-order valence-corrected chi connectivity index (χ4v) is 1.58. The number of alkyl halides is 1. The summed E-state index contributed by atoms with van der Waals surface area (Å²) in [5.74, 6) is 1.43. The first-order chi connectivity index (χ1) is 8.06. The van der Waals surface area contributed by atoms with E-state index in [9.17, 15) is 10.1 Å². The molecule has 0 aromatic heterocycles. The molecule has 94 valence electrons. The molecule has 5 heteroatoms. The summed E-state index contributed by atoms with van der Waals surface area (Å²) in [5, 5.41) is 10.7. The van der Waals surface area contributed by atoms with Gasteiger partial charge in [0.1, 0.15) is 5.75 Å². The number of nitro groups is 1. The van der Waals surface area contributed by atoms with Crippen LogP contribution in [0.5, 0.6) is 5.75 Å². The summed E-state index contributed by atoms with van der Waals surface area (Å²) in [6.45, 7) is 4.49. The van der Waals surface area contributed by atoms with Crippen molar-refractivity contribution in [1.29, 1.82) is 0 Å². The lowest BCUT2D eigenvalue weighted by Gasteiger charge is -2.13. The van der Waals surface area contributed by atoms with Crippen LogP contribution in [0.15, 0.2) is 18.2 Å². The maximum absolute atomic E-state index is 10.7. The molecular formula is C12H16ClNO3. The lowest BCUT2D eigenvalue weighted by Crippen LogP contribution is -2.02. The lowest BCUT2D eigenvalue weighted by molar-refractivity contribution is -0.385. The average molecular weight is 258 g/mol. The van der Waals surface area contributed by atoms with Gasteiger partial charge in [0.25, 0.3) is 5.69 Å². The molecule has 0 atom stereocenters. The minimum absolute atomic E-state index is 0.0957. The Balaban J connectivity index is 2.92. The number of benzene rings is 1. The van der Waals surface area contributed by atoms with E-state index in [-0.39, 0.29) is 11.6 Å². The molecule has 0 aliphatic rings. The molecule has 1 aromatic rings. The highest BCUT2D eigenvalue weighted by Gasteiger charge is 2.14. The molecule has 0 bridgehead atoms. The van der Waals surface area contributed by atoms with Crippen molar-refractivity contribution in [2.24, 2.45) is 0 Å². The summed E-state index contributed by atoms with van der Waals surface area (Å²) < 4.78 is 5.57. The minimum Gasteiger partial charge on any atom is -0.493 e. The van der Waals surface area contributed by atoms with Crippen molar-refractivity contribution in [2.45, 2.75) is 26.2 Å². The molecule has 0 radical (unpaired) electrons. The first kappa shape index (κ1) is 13.8. The van der Waals surface area contributed by atoms with E-state index in [1.807, 2.05) is 13.8 Å². The fraction of sp³-hybridized carbons (Fsp3) is 0.500. The van der Waals surface area contributed by atoms with Gasteiger partial charge in [-0.05, 0) is 18.4 Å². The zero-order valence-corrected chi connectivity index (χ0v) is 10.7. The predicted molar refractivity (Wildman–Crippen MR) is 68.0 cm³/mol. The molecule has 0 spiro atoms. The molecule has 1 rings (SSSR count). The molecule has 17 heavy (non-hydrogen) atoms. The SMILES string of the molecule is CC(C)c1cc([N+](=O)[O-])ccc1OCCCCl. The number of nitrogens with zero attached hydrogens (tertiary/aromatic N) is 1. The van der Waals surface area contributed by atoms with Crippen LogP contribution in [0, 0.1) is 10.1 Å². The van der Waals surface area contributed by atoms with E-state index in [1.165, 1.54) is 6.07 Å². The number of halogens is 1. The summed E-state index contributed by atoms with van der Waals surface area (Å²) in [6.07, 6.45) is 0.760. The second-order valence-corrected chi connectivity index (χ2v) is 4.40. The van der Waals surface area contributed by atoms with E-state index in [0.717, 1.165) is 12.0 Å². The van der Waals surface area contributed by atoms with Crippen molar-refractivity contribution in [1.82, 2.24) is 0 Å². The molecule has 0 N–H and O–H groups in total. The molecule has 0 saturated heterocycles. The van der Waals surface area contributed by atoms with Crippen LogP contribution in [0.2, 0.25) is 0 Å². The van der Waals surface area contributed by atoms with Gasteiger partial charge in [0.05, 0.1) is 11.5 Å². The van der Waals surface area contributed by atoms with E-state index < -0.39 is 4.92 Å². The Kier molecular flexibility index (Phi) is 5.22. The summed E-state index contributed by atoms with van der Waals surface area (Å²) >= 11 is 5.57. The van der Waals surface area contributed by atoms with E-state index in [4.69, 9.17) is 16.3 Å². The van der Waals surface area contributed by atoms with Gasteiger partial charge in [0, 0.05) is 23.6 Å². The Bertz CT molecular complexity index is 393. The second-order valence-electron chi connectivity index (χ2n) is 4.02. The monoisotopic (exact) mass is 257 g/mol. The normalized spacial score (nSPS) is 10.6. The van der Waals surface area contributed by atoms with Gasteiger partial charge in [-0.3, -0.25) is 10.1 Å². The van der Waals surface area contributed by atoms with Crippen LogP contribution in [-0.2, 0) is 0 Å². The van der Waals surface area contributed by atoms with Gasteiger partial charge in [-0.1, -0.05) is 13.8 Å². The molecule has 0 heterocycles. The number of rotatable bonds is 6. The average Bonchev–Trinajstić information content (AvgIpc) is 2.29. The standard InChI is InChI=1S/C12H16ClNO3/c1-9(2)11-8-10(14(15)16)4-5-12(11)17-7-3-6-13/h4-5,8-9H,3,6-7H2,1-2H3. The van der Waals surface area contributed by atoms with Crippen LogP contribution in [0.25, 0.3) is 0 Å². The highest BCUT2D eigenvalue weighted by Crippen LogP contribution is 2.30. The maximum Gasteiger partial charge on any atom is 0.269 e. The van der Waals surface area contributed by atoms with Gasteiger partial charge in [-0.15, -0.1) is 11.6 Å². The third-order valence-electron chi connectivity index (χ3n) is 2.36. The van der Waals surface area contributed by atoms with Crippen molar-refractivity contribution < 1.29 is 9.66 Å². The Morgan fingerprint density at radius 1 is 1.47 bits per heavy atom. The molecule has 0 fully saturated rings. The Labute approximate surface area is 106 Å². The van der Waals surface area contributed by atoms with Crippen LogP contribution in [0.4, 0.5) is 5.69 Å². The van der Waals surface area contributed by atoms with Gasteiger partial charge in [-0.25, -0.2) is 0 Å². The second kappa shape index (κ2) is 6.45.